The van der Waals surface area contributed by atoms with Crippen LogP contribution in [0.4, 0.5) is 21.1 Å². The van der Waals surface area contributed by atoms with E-state index in [0.29, 0.717) is 43.9 Å². The van der Waals surface area contributed by atoms with Gasteiger partial charge in [0.2, 0.25) is 11.8 Å². The normalized spacial score (nSPS) is 19.6. The number of carbonyl (C=O) groups excluding carboxylic acids is 3. The number of carbonyl (C=O) groups is 4. The van der Waals surface area contributed by atoms with Crippen LogP contribution in [0.1, 0.15) is 34.2 Å². The number of nitrogens with one attached hydrogen (secondary N) is 2. The zero-order valence-electron chi connectivity index (χ0n) is 25.3. The number of hydrogen-bond acceptors (Lipinski definition) is 6. The van der Waals surface area contributed by atoms with Gasteiger partial charge in [0.05, 0.1) is 11.5 Å². The summed E-state index contributed by atoms with van der Waals surface area (Å²) in [7, 11) is 3.10. The minimum atomic E-state index is -1.06. The molecule has 1 saturated heterocycles. The number of amides is 5. The molecular weight excluding hydrogens is 576 g/mol. The van der Waals surface area contributed by atoms with Crippen molar-refractivity contribution in [1.29, 1.82) is 0 Å². The van der Waals surface area contributed by atoms with Gasteiger partial charge < -0.3 is 35.2 Å². The molecule has 2 unspecified atom stereocenters. The number of anilines is 2. The van der Waals surface area contributed by atoms with Gasteiger partial charge in [-0.05, 0) is 59.7 Å². The van der Waals surface area contributed by atoms with Gasteiger partial charge in [-0.3, -0.25) is 9.59 Å². The molecule has 6 rings (SSSR count). The Morgan fingerprint density at radius 1 is 1.09 bits per heavy atom. The minimum Gasteiger partial charge on any atom is -0.465 e. The highest BCUT2D eigenvalue weighted by atomic mass is 16.5. The molecule has 0 bridgehead atoms. The topological polar surface area (TPSA) is 144 Å². The number of pyridine rings is 1. The first kappa shape index (κ1) is 30.1. The zero-order valence-corrected chi connectivity index (χ0v) is 25.3. The molecule has 12 nitrogen and oxygen atoms in total. The molecule has 3 N–H and O–H groups in total. The summed E-state index contributed by atoms with van der Waals surface area (Å²) < 4.78 is 5.45. The molecule has 1 fully saturated rings. The number of nitrogens with zero attached hydrogens (tertiary/aromatic N) is 4. The number of carboxylic acid groups (broad SMARTS) is 1. The average molecular weight is 613 g/mol. The summed E-state index contributed by atoms with van der Waals surface area (Å²) in [5.41, 5.74) is 4.28. The van der Waals surface area contributed by atoms with Gasteiger partial charge in [0.15, 0.2) is 0 Å². The molecule has 1 aromatic heterocycles. The Morgan fingerprint density at radius 2 is 1.84 bits per heavy atom. The van der Waals surface area contributed by atoms with Crippen LogP contribution in [0.25, 0.3) is 0 Å². The van der Waals surface area contributed by atoms with Crippen molar-refractivity contribution in [2.24, 2.45) is 0 Å². The standard InChI is InChI=1S/C33H36N6O6/c1-37(32(43)44)17-22-6-3-4-7-23(22)18-39(31(42)38-13-11-26(19-38)45-2)20-28(40)35-25-10-9-21-15-33(16-24(21)14-25)27-8-5-12-34-29(27)36-30(33)41/h3-10,12,14,26H,11,13,15-20H2,1-2H3,(H,35,40)(H,43,44)(H,34,36,41). The van der Waals surface area contributed by atoms with E-state index in [0.717, 1.165) is 27.8 Å². The third kappa shape index (κ3) is 5.93. The van der Waals surface area contributed by atoms with Crippen molar-refractivity contribution in [3.05, 3.63) is 88.6 Å². The van der Waals surface area contributed by atoms with Crippen molar-refractivity contribution in [1.82, 2.24) is 19.7 Å². The highest BCUT2D eigenvalue weighted by Gasteiger charge is 2.51. The lowest BCUT2D eigenvalue weighted by atomic mass is 9.79. The molecule has 3 aromatic rings. The van der Waals surface area contributed by atoms with Crippen molar-refractivity contribution in [3.8, 4) is 0 Å². The molecule has 1 aliphatic carbocycles. The van der Waals surface area contributed by atoms with Gasteiger partial charge in [-0.1, -0.05) is 36.4 Å². The Morgan fingerprint density at radius 3 is 2.58 bits per heavy atom. The first-order valence-corrected chi connectivity index (χ1v) is 14.9. The molecule has 234 valence electrons. The second-order valence-corrected chi connectivity index (χ2v) is 12.0. The van der Waals surface area contributed by atoms with Crippen LogP contribution >= 0.6 is 0 Å². The van der Waals surface area contributed by atoms with Crippen LogP contribution in [-0.2, 0) is 45.7 Å². The smallest absolute Gasteiger partial charge is 0.407 e. The molecule has 0 saturated carbocycles. The maximum Gasteiger partial charge on any atom is 0.407 e. The third-order valence-electron chi connectivity index (χ3n) is 9.03. The fourth-order valence-electron chi connectivity index (χ4n) is 6.60. The van der Waals surface area contributed by atoms with E-state index >= 15 is 0 Å². The van der Waals surface area contributed by atoms with Crippen LogP contribution in [0.5, 0.6) is 0 Å². The van der Waals surface area contributed by atoms with Crippen LogP contribution in [0.3, 0.4) is 0 Å². The van der Waals surface area contributed by atoms with Crippen molar-refractivity contribution in [3.63, 3.8) is 0 Å². The first-order chi connectivity index (χ1) is 21.7. The average Bonchev–Trinajstić information content (AvgIpc) is 3.73. The monoisotopic (exact) mass is 612 g/mol. The van der Waals surface area contributed by atoms with Crippen molar-refractivity contribution in [2.75, 3.05) is 44.4 Å². The molecule has 2 aliphatic heterocycles. The lowest BCUT2D eigenvalue weighted by Gasteiger charge is -2.29. The van der Waals surface area contributed by atoms with Crippen molar-refractivity contribution >= 4 is 35.4 Å². The molecule has 0 radical (unpaired) electrons. The quantitative estimate of drug-likeness (QED) is 0.353. The maximum atomic E-state index is 13.7. The highest BCUT2D eigenvalue weighted by molar-refractivity contribution is 6.06. The predicted molar refractivity (Wildman–Crippen MR) is 166 cm³/mol. The molecule has 3 heterocycles. The Labute approximate surface area is 261 Å². The Balaban J connectivity index is 1.19. The van der Waals surface area contributed by atoms with Gasteiger partial charge in [0.25, 0.3) is 0 Å². The minimum absolute atomic E-state index is 0.0690. The van der Waals surface area contributed by atoms with E-state index in [2.05, 4.69) is 15.6 Å². The van der Waals surface area contributed by atoms with Crippen LogP contribution in [0.2, 0.25) is 0 Å². The fourth-order valence-corrected chi connectivity index (χ4v) is 6.60. The van der Waals surface area contributed by atoms with Crippen molar-refractivity contribution < 1.29 is 29.0 Å². The Hall–Kier alpha value is -4.97. The third-order valence-corrected chi connectivity index (χ3v) is 9.03. The second-order valence-electron chi connectivity index (χ2n) is 12.0. The van der Waals surface area contributed by atoms with E-state index in [1.807, 2.05) is 54.6 Å². The number of urea groups is 1. The van der Waals surface area contributed by atoms with Crippen LogP contribution in [-0.4, -0.2) is 88.6 Å². The van der Waals surface area contributed by atoms with E-state index in [1.165, 1.54) is 16.8 Å². The number of likely N-dealkylation sites (tertiary alicyclic amines) is 1. The van der Waals surface area contributed by atoms with E-state index in [4.69, 9.17) is 4.74 Å². The molecule has 12 heteroatoms. The summed E-state index contributed by atoms with van der Waals surface area (Å²) in [5.74, 6) is 0.158. The van der Waals surface area contributed by atoms with E-state index in [9.17, 15) is 24.3 Å². The van der Waals surface area contributed by atoms with Crippen molar-refractivity contribution in [2.45, 2.75) is 43.9 Å². The van der Waals surface area contributed by atoms with Gasteiger partial charge in [-0.25, -0.2) is 14.6 Å². The first-order valence-electron chi connectivity index (χ1n) is 14.9. The molecule has 5 amide bonds. The molecule has 2 aromatic carbocycles. The predicted octanol–water partition coefficient (Wildman–Crippen LogP) is 3.46. The SMILES string of the molecule is COC1CCN(C(=O)N(CC(=O)Nc2ccc3c(c2)CC2(C3)C(=O)Nc3ncccc32)Cc2ccccc2CN(C)C(=O)O)C1. The van der Waals surface area contributed by atoms with E-state index < -0.39 is 11.5 Å². The Kier molecular flexibility index (Phi) is 8.15. The van der Waals surface area contributed by atoms with E-state index in [1.54, 1.807) is 18.2 Å². The molecular formula is C33H36N6O6. The summed E-state index contributed by atoms with van der Waals surface area (Å²) in [6.07, 6.45) is 2.29. The molecule has 45 heavy (non-hydrogen) atoms. The maximum absolute atomic E-state index is 13.7. The number of fused-ring (bicyclic) bond motifs is 3. The summed E-state index contributed by atoms with van der Waals surface area (Å²) in [4.78, 5) is 60.4. The van der Waals surface area contributed by atoms with Gasteiger partial charge in [0.1, 0.15) is 12.4 Å². The number of benzene rings is 2. The zero-order chi connectivity index (χ0) is 31.7. The van der Waals surface area contributed by atoms with Crippen LogP contribution < -0.4 is 10.6 Å². The number of aromatic nitrogens is 1. The summed E-state index contributed by atoms with van der Waals surface area (Å²) >= 11 is 0. The Bertz CT molecular complexity index is 1660. The molecule has 2 atom stereocenters. The molecule has 1 spiro atoms. The number of ether oxygens (including phenoxy) is 1. The molecule has 3 aliphatic rings. The van der Waals surface area contributed by atoms with Gasteiger partial charge in [-0.15, -0.1) is 0 Å². The highest BCUT2D eigenvalue weighted by Crippen LogP contribution is 2.46. The van der Waals surface area contributed by atoms with E-state index in [-0.39, 0.29) is 43.6 Å². The number of rotatable bonds is 8. The lowest BCUT2D eigenvalue weighted by molar-refractivity contribution is -0.120. The lowest BCUT2D eigenvalue weighted by Crippen LogP contribution is -2.45. The number of methoxy groups -OCH3 is 1. The summed E-state index contributed by atoms with van der Waals surface area (Å²) in [6, 6.07) is 16.5. The van der Waals surface area contributed by atoms with Gasteiger partial charge in [-0.2, -0.15) is 0 Å². The van der Waals surface area contributed by atoms with Crippen LogP contribution in [0.15, 0.2) is 60.8 Å². The van der Waals surface area contributed by atoms with Gasteiger partial charge in [0, 0.05) is 57.8 Å². The van der Waals surface area contributed by atoms with Gasteiger partial charge >= 0.3 is 12.1 Å². The van der Waals surface area contributed by atoms with Crippen LogP contribution in [0, 0.1) is 0 Å². The fraction of sp³-hybridized carbons (Fsp3) is 0.364. The number of hydrogen-bond donors (Lipinski definition) is 3. The largest absolute Gasteiger partial charge is 0.465 e. The summed E-state index contributed by atoms with van der Waals surface area (Å²) in [5, 5.41) is 15.3. The second kappa shape index (κ2) is 12.2. The summed E-state index contributed by atoms with van der Waals surface area (Å²) in [6.45, 7) is 0.996.